The lowest BCUT2D eigenvalue weighted by Gasteiger charge is -2.41. The van der Waals surface area contributed by atoms with Crippen molar-refractivity contribution in [1.29, 1.82) is 0 Å². The molecule has 5 heteroatoms. The van der Waals surface area contributed by atoms with Crippen LogP contribution >= 0.6 is 11.8 Å². The first-order valence-corrected chi connectivity index (χ1v) is 7.98. The molecule has 3 nitrogen and oxygen atoms in total. The number of halogens is 1. The van der Waals surface area contributed by atoms with Crippen LogP contribution in [0, 0.1) is 5.82 Å². The van der Waals surface area contributed by atoms with Gasteiger partial charge in [-0.2, -0.15) is 0 Å². The van der Waals surface area contributed by atoms with Gasteiger partial charge in [-0.3, -0.25) is 4.79 Å². The normalized spacial score (nSPS) is 17.4. The van der Waals surface area contributed by atoms with Crippen molar-refractivity contribution in [2.75, 3.05) is 12.8 Å². The van der Waals surface area contributed by atoms with Gasteiger partial charge >= 0.3 is 0 Å². The highest BCUT2D eigenvalue weighted by molar-refractivity contribution is 7.98. The van der Waals surface area contributed by atoms with Gasteiger partial charge in [0.2, 0.25) is 0 Å². The number of benzene rings is 1. The summed E-state index contributed by atoms with van der Waals surface area (Å²) < 4.78 is 13.0. The number of rotatable bonds is 3. The predicted molar refractivity (Wildman–Crippen MR) is 80.8 cm³/mol. The third-order valence-corrected chi connectivity index (χ3v) is 4.44. The quantitative estimate of drug-likeness (QED) is 0.813. The summed E-state index contributed by atoms with van der Waals surface area (Å²) in [6.07, 6.45) is 4.51. The molecule has 1 fully saturated rings. The van der Waals surface area contributed by atoms with Gasteiger partial charge in [-0.1, -0.05) is 12.1 Å². The van der Waals surface area contributed by atoms with Gasteiger partial charge in [-0.25, -0.2) is 9.37 Å². The fraction of sp³-hybridized carbons (Fsp3) is 0.250. The molecule has 0 bridgehead atoms. The monoisotopic (exact) mass is 302 g/mol. The topological polar surface area (TPSA) is 33.2 Å². The smallest absolute Gasteiger partial charge is 0.257 e. The minimum atomic E-state index is -0.257. The number of aromatic nitrogens is 1. The lowest BCUT2D eigenvalue weighted by Crippen LogP contribution is -2.45. The Morgan fingerprint density at radius 2 is 2.10 bits per heavy atom. The highest BCUT2D eigenvalue weighted by Crippen LogP contribution is 2.35. The number of likely N-dealkylation sites (tertiary alicyclic amines) is 1. The second-order valence-corrected chi connectivity index (χ2v) is 5.71. The van der Waals surface area contributed by atoms with E-state index in [4.69, 9.17) is 0 Å². The molecule has 2 aromatic rings. The van der Waals surface area contributed by atoms with Crippen LogP contribution in [0.4, 0.5) is 4.39 Å². The maximum atomic E-state index is 13.0. The van der Waals surface area contributed by atoms with Crippen LogP contribution in [0.3, 0.4) is 0 Å². The van der Waals surface area contributed by atoms with Crippen LogP contribution in [0.25, 0.3) is 0 Å². The van der Waals surface area contributed by atoms with Crippen LogP contribution in [-0.2, 0) is 0 Å². The minimum absolute atomic E-state index is 0.00646. The standard InChI is InChI=1S/C16H15FN2OS/c1-21-15-13(3-2-9-18-15)16(20)19-10-8-14(19)11-4-6-12(17)7-5-11/h2-7,9,14H,8,10H2,1H3. The largest absolute Gasteiger partial charge is 0.331 e. The molecule has 1 aliphatic heterocycles. The number of hydrogen-bond acceptors (Lipinski definition) is 3. The third-order valence-electron chi connectivity index (χ3n) is 3.73. The molecule has 0 radical (unpaired) electrons. The van der Waals surface area contributed by atoms with Crippen LogP contribution in [0.1, 0.15) is 28.4 Å². The summed E-state index contributed by atoms with van der Waals surface area (Å²) in [6.45, 7) is 0.726. The molecule has 21 heavy (non-hydrogen) atoms. The number of nitrogens with zero attached hydrogens (tertiary/aromatic N) is 2. The van der Waals surface area contributed by atoms with Crippen LogP contribution in [0.2, 0.25) is 0 Å². The molecule has 1 aromatic carbocycles. The number of carbonyl (C=O) groups is 1. The van der Waals surface area contributed by atoms with Crippen molar-refractivity contribution < 1.29 is 9.18 Å². The first-order valence-electron chi connectivity index (χ1n) is 6.76. The molecular formula is C16H15FN2OS. The van der Waals surface area contributed by atoms with E-state index >= 15 is 0 Å². The van der Waals surface area contributed by atoms with E-state index in [1.807, 2.05) is 11.2 Å². The number of pyridine rings is 1. The average Bonchev–Trinajstić information content (AvgIpc) is 2.48. The molecule has 108 valence electrons. The summed E-state index contributed by atoms with van der Waals surface area (Å²) >= 11 is 1.47. The SMILES string of the molecule is CSc1ncccc1C(=O)N1CCC1c1ccc(F)cc1. The molecule has 2 heterocycles. The van der Waals surface area contributed by atoms with Gasteiger partial charge in [-0.15, -0.1) is 11.8 Å². The Balaban J connectivity index is 1.84. The molecule has 1 atom stereocenters. The van der Waals surface area contributed by atoms with Crippen molar-refractivity contribution in [3.63, 3.8) is 0 Å². The molecule has 1 unspecified atom stereocenters. The Bertz CT molecular complexity index is 660. The number of carbonyl (C=O) groups excluding carboxylic acids is 1. The zero-order valence-electron chi connectivity index (χ0n) is 11.6. The van der Waals surface area contributed by atoms with Crippen LogP contribution < -0.4 is 0 Å². The van der Waals surface area contributed by atoms with E-state index in [1.165, 1.54) is 23.9 Å². The summed E-state index contributed by atoms with van der Waals surface area (Å²) in [5.41, 5.74) is 1.61. The van der Waals surface area contributed by atoms with Crippen molar-refractivity contribution >= 4 is 17.7 Å². The summed E-state index contributed by atoms with van der Waals surface area (Å²) in [6, 6.07) is 9.99. The molecule has 0 saturated carbocycles. The zero-order valence-corrected chi connectivity index (χ0v) is 12.4. The van der Waals surface area contributed by atoms with Crippen LogP contribution in [-0.4, -0.2) is 28.6 Å². The molecular weight excluding hydrogens is 287 g/mol. The molecule has 1 saturated heterocycles. The molecule has 0 spiro atoms. The van der Waals surface area contributed by atoms with Crippen LogP contribution in [0.5, 0.6) is 0 Å². The second kappa shape index (κ2) is 5.85. The summed E-state index contributed by atoms with van der Waals surface area (Å²) in [7, 11) is 0. The molecule has 1 aromatic heterocycles. The third kappa shape index (κ3) is 2.65. The molecule has 0 N–H and O–H groups in total. The first kappa shape index (κ1) is 14.1. The van der Waals surface area contributed by atoms with E-state index < -0.39 is 0 Å². The second-order valence-electron chi connectivity index (χ2n) is 4.91. The Morgan fingerprint density at radius 1 is 1.33 bits per heavy atom. The van der Waals surface area contributed by atoms with Crippen molar-refractivity contribution in [1.82, 2.24) is 9.88 Å². The highest BCUT2D eigenvalue weighted by atomic mass is 32.2. The Morgan fingerprint density at radius 3 is 2.71 bits per heavy atom. The minimum Gasteiger partial charge on any atom is -0.331 e. The van der Waals surface area contributed by atoms with E-state index in [9.17, 15) is 9.18 Å². The Kier molecular flexibility index (Phi) is 3.92. The number of amides is 1. The Labute approximate surface area is 127 Å². The van der Waals surface area contributed by atoms with E-state index in [0.29, 0.717) is 5.56 Å². The molecule has 1 aliphatic rings. The molecule has 0 aliphatic carbocycles. The lowest BCUT2D eigenvalue weighted by atomic mass is 9.94. The van der Waals surface area contributed by atoms with Crippen molar-refractivity contribution in [3.8, 4) is 0 Å². The van der Waals surface area contributed by atoms with Gasteiger partial charge in [-0.05, 0) is 42.5 Å². The maximum Gasteiger partial charge on any atom is 0.257 e. The average molecular weight is 302 g/mol. The van der Waals surface area contributed by atoms with Gasteiger partial charge in [0.1, 0.15) is 10.8 Å². The molecule has 1 amide bonds. The summed E-state index contributed by atoms with van der Waals surface area (Å²) in [5, 5.41) is 0.743. The van der Waals surface area contributed by atoms with Gasteiger partial charge in [0.15, 0.2) is 0 Å². The van der Waals surface area contributed by atoms with Gasteiger partial charge in [0, 0.05) is 12.7 Å². The molecule has 3 rings (SSSR count). The van der Waals surface area contributed by atoms with E-state index in [-0.39, 0.29) is 17.8 Å². The predicted octanol–water partition coefficient (Wildman–Crippen LogP) is 3.53. The fourth-order valence-electron chi connectivity index (χ4n) is 2.53. The van der Waals surface area contributed by atoms with Crippen molar-refractivity contribution in [2.45, 2.75) is 17.5 Å². The fourth-order valence-corrected chi connectivity index (χ4v) is 3.07. The van der Waals surface area contributed by atoms with E-state index in [2.05, 4.69) is 4.98 Å². The Hall–Kier alpha value is -1.88. The van der Waals surface area contributed by atoms with Crippen LogP contribution in [0.15, 0.2) is 47.6 Å². The van der Waals surface area contributed by atoms with Crippen molar-refractivity contribution in [3.05, 3.63) is 59.5 Å². The summed E-state index contributed by atoms with van der Waals surface area (Å²) in [5.74, 6) is -0.263. The van der Waals surface area contributed by atoms with Gasteiger partial charge in [0.05, 0.1) is 11.6 Å². The van der Waals surface area contributed by atoms with Gasteiger partial charge < -0.3 is 4.90 Å². The van der Waals surface area contributed by atoms with Crippen molar-refractivity contribution in [2.24, 2.45) is 0 Å². The zero-order chi connectivity index (χ0) is 14.8. The van der Waals surface area contributed by atoms with E-state index in [1.54, 1.807) is 30.5 Å². The highest BCUT2D eigenvalue weighted by Gasteiger charge is 2.34. The number of hydrogen-bond donors (Lipinski definition) is 0. The van der Waals surface area contributed by atoms with Gasteiger partial charge in [0.25, 0.3) is 5.91 Å². The number of thioether (sulfide) groups is 1. The maximum absolute atomic E-state index is 13.0. The first-order chi connectivity index (χ1) is 10.2. The van der Waals surface area contributed by atoms with E-state index in [0.717, 1.165) is 23.6 Å². The summed E-state index contributed by atoms with van der Waals surface area (Å²) in [4.78, 5) is 18.7. The lowest BCUT2D eigenvalue weighted by molar-refractivity contribution is 0.0456.